The Morgan fingerprint density at radius 1 is 1.18 bits per heavy atom. The van der Waals surface area contributed by atoms with Gasteiger partial charge in [0.1, 0.15) is 28.9 Å². The van der Waals surface area contributed by atoms with Crippen molar-refractivity contribution in [2.75, 3.05) is 0 Å². The molecule has 1 heterocycles. The number of Topliss-reactive ketones (excluding diaryl/α,β-unsaturated/α-hetero) is 1. The highest BCUT2D eigenvalue weighted by Crippen LogP contribution is 2.46. The van der Waals surface area contributed by atoms with E-state index in [1.54, 1.807) is 0 Å². The summed E-state index contributed by atoms with van der Waals surface area (Å²) in [6.07, 6.45) is -0.0599. The van der Waals surface area contributed by atoms with Gasteiger partial charge in [-0.25, -0.2) is 0 Å². The Morgan fingerprint density at radius 2 is 1.86 bits per heavy atom. The van der Waals surface area contributed by atoms with Gasteiger partial charge in [0, 0.05) is 5.56 Å². The van der Waals surface area contributed by atoms with Crippen molar-refractivity contribution in [1.29, 1.82) is 0 Å². The molecule has 0 saturated carbocycles. The highest BCUT2D eigenvalue weighted by molar-refractivity contribution is 6.06. The molecule has 1 aliphatic heterocycles. The summed E-state index contributed by atoms with van der Waals surface area (Å²) in [6.45, 7) is 1.44. The Morgan fingerprint density at radius 3 is 2.50 bits per heavy atom. The van der Waals surface area contributed by atoms with Gasteiger partial charge in [-0.15, -0.1) is 0 Å². The van der Waals surface area contributed by atoms with E-state index in [-0.39, 0.29) is 46.1 Å². The van der Waals surface area contributed by atoms with Gasteiger partial charge in [0.05, 0.1) is 12.0 Å². The summed E-state index contributed by atoms with van der Waals surface area (Å²) in [5.74, 6) is -1.08. The first-order valence-corrected chi connectivity index (χ1v) is 6.83. The van der Waals surface area contributed by atoms with Gasteiger partial charge in [0.2, 0.25) is 0 Å². The first-order valence-electron chi connectivity index (χ1n) is 6.83. The van der Waals surface area contributed by atoms with E-state index in [4.69, 9.17) is 4.74 Å². The van der Waals surface area contributed by atoms with E-state index in [2.05, 4.69) is 0 Å². The smallest absolute Gasteiger partial charge is 0.174 e. The SMILES string of the molecule is Cc1c(O)c(C=O)c2c(c1O)C(=O)C[C@@H](c1ccccc1)O2. The average Bonchev–Trinajstić information content (AvgIpc) is 2.53. The van der Waals surface area contributed by atoms with Crippen LogP contribution in [-0.4, -0.2) is 22.3 Å². The van der Waals surface area contributed by atoms with Crippen molar-refractivity contribution in [2.45, 2.75) is 19.4 Å². The van der Waals surface area contributed by atoms with Crippen LogP contribution in [0.1, 0.15) is 44.4 Å². The number of aldehydes is 1. The summed E-state index contributed by atoms with van der Waals surface area (Å²) >= 11 is 0. The molecule has 3 rings (SSSR count). The van der Waals surface area contributed by atoms with Gasteiger partial charge < -0.3 is 14.9 Å². The number of phenols is 2. The lowest BCUT2D eigenvalue weighted by Gasteiger charge is -2.28. The van der Waals surface area contributed by atoms with Crippen molar-refractivity contribution < 1.29 is 24.5 Å². The number of carbonyl (C=O) groups excluding carboxylic acids is 2. The van der Waals surface area contributed by atoms with Crippen molar-refractivity contribution in [1.82, 2.24) is 0 Å². The highest BCUT2D eigenvalue weighted by Gasteiger charge is 2.34. The molecular formula is C17H14O5. The standard InChI is InChI=1S/C17H14O5/c1-9-15(20)11(8-18)17-14(16(9)21)12(19)7-13(22-17)10-5-3-2-4-6-10/h2-6,8,13,20-21H,7H2,1H3/t13-/m0/s1. The molecule has 0 spiro atoms. The van der Waals surface area contributed by atoms with Crippen LogP contribution in [0.25, 0.3) is 0 Å². The van der Waals surface area contributed by atoms with Gasteiger partial charge in [0.15, 0.2) is 12.1 Å². The first-order chi connectivity index (χ1) is 10.5. The fraction of sp³-hybridized carbons (Fsp3) is 0.176. The van der Waals surface area contributed by atoms with Gasteiger partial charge in [-0.2, -0.15) is 0 Å². The van der Waals surface area contributed by atoms with Gasteiger partial charge >= 0.3 is 0 Å². The molecule has 0 saturated heterocycles. The minimum absolute atomic E-state index is 0.0374. The van der Waals surface area contributed by atoms with E-state index < -0.39 is 6.10 Å². The van der Waals surface area contributed by atoms with Crippen LogP contribution in [0.15, 0.2) is 30.3 Å². The van der Waals surface area contributed by atoms with Crippen LogP contribution in [0.5, 0.6) is 17.2 Å². The Balaban J connectivity index is 2.17. The predicted octanol–water partition coefficient (Wildman–Crippen LogP) is 2.93. The molecule has 0 fully saturated rings. The third kappa shape index (κ3) is 2.02. The third-order valence-corrected chi connectivity index (χ3v) is 3.87. The van der Waals surface area contributed by atoms with E-state index >= 15 is 0 Å². The summed E-state index contributed by atoms with van der Waals surface area (Å²) in [5, 5.41) is 20.1. The van der Waals surface area contributed by atoms with E-state index in [1.165, 1.54) is 6.92 Å². The summed E-state index contributed by atoms with van der Waals surface area (Å²) in [4.78, 5) is 23.7. The summed E-state index contributed by atoms with van der Waals surface area (Å²) in [7, 11) is 0. The Hall–Kier alpha value is -2.82. The minimum atomic E-state index is -0.554. The first kappa shape index (κ1) is 14.1. The maximum Gasteiger partial charge on any atom is 0.174 e. The topological polar surface area (TPSA) is 83.8 Å². The van der Waals surface area contributed by atoms with E-state index in [9.17, 15) is 19.8 Å². The maximum atomic E-state index is 12.4. The second-order valence-electron chi connectivity index (χ2n) is 5.20. The van der Waals surface area contributed by atoms with Crippen molar-refractivity contribution in [3.8, 4) is 17.2 Å². The molecule has 0 aliphatic carbocycles. The number of hydrogen-bond donors (Lipinski definition) is 2. The highest BCUT2D eigenvalue weighted by atomic mass is 16.5. The Bertz CT molecular complexity index is 765. The number of fused-ring (bicyclic) bond motifs is 1. The van der Waals surface area contributed by atoms with Crippen molar-refractivity contribution in [3.63, 3.8) is 0 Å². The van der Waals surface area contributed by atoms with Crippen LogP contribution >= 0.6 is 0 Å². The molecule has 5 nitrogen and oxygen atoms in total. The zero-order valence-corrected chi connectivity index (χ0v) is 11.9. The molecule has 2 aromatic rings. The van der Waals surface area contributed by atoms with Crippen molar-refractivity contribution in [2.24, 2.45) is 0 Å². The molecule has 0 amide bonds. The number of rotatable bonds is 2. The lowest BCUT2D eigenvalue weighted by molar-refractivity contribution is 0.0841. The molecule has 5 heteroatoms. The van der Waals surface area contributed by atoms with Gasteiger partial charge in [-0.3, -0.25) is 9.59 Å². The molecule has 0 aromatic heterocycles. The fourth-order valence-electron chi connectivity index (χ4n) is 2.65. The minimum Gasteiger partial charge on any atom is -0.507 e. The van der Waals surface area contributed by atoms with Crippen LogP contribution < -0.4 is 4.74 Å². The predicted molar refractivity (Wildman–Crippen MR) is 78.7 cm³/mol. The largest absolute Gasteiger partial charge is 0.507 e. The lowest BCUT2D eigenvalue weighted by Crippen LogP contribution is -2.22. The lowest BCUT2D eigenvalue weighted by atomic mass is 9.91. The normalized spacial score (nSPS) is 16.8. The number of aromatic hydroxyl groups is 2. The Kier molecular flexibility index (Phi) is 3.33. The molecular weight excluding hydrogens is 284 g/mol. The molecule has 2 aromatic carbocycles. The maximum absolute atomic E-state index is 12.4. The second-order valence-corrected chi connectivity index (χ2v) is 5.20. The van der Waals surface area contributed by atoms with Crippen molar-refractivity contribution in [3.05, 3.63) is 52.6 Å². The molecule has 112 valence electrons. The molecule has 0 bridgehead atoms. The number of hydrogen-bond acceptors (Lipinski definition) is 5. The molecule has 22 heavy (non-hydrogen) atoms. The van der Waals surface area contributed by atoms with E-state index in [0.717, 1.165) is 5.56 Å². The average molecular weight is 298 g/mol. The second kappa shape index (κ2) is 5.18. The number of ether oxygens (including phenoxy) is 1. The zero-order valence-electron chi connectivity index (χ0n) is 11.9. The van der Waals surface area contributed by atoms with Crippen LogP contribution in [0, 0.1) is 6.92 Å². The van der Waals surface area contributed by atoms with E-state index in [1.807, 2.05) is 30.3 Å². The van der Waals surface area contributed by atoms with Crippen molar-refractivity contribution >= 4 is 12.1 Å². The Labute approximate surface area is 126 Å². The summed E-state index contributed by atoms with van der Waals surface area (Å²) in [6, 6.07) is 9.13. The van der Waals surface area contributed by atoms with Crippen LogP contribution in [0.4, 0.5) is 0 Å². The molecule has 2 N–H and O–H groups in total. The number of phenolic OH excluding ortho intramolecular Hbond substituents is 2. The molecule has 1 atom stereocenters. The van der Waals surface area contributed by atoms with Gasteiger partial charge in [0.25, 0.3) is 0 Å². The molecule has 0 radical (unpaired) electrons. The summed E-state index contributed by atoms with van der Waals surface area (Å²) in [5.41, 5.74) is 0.734. The van der Waals surface area contributed by atoms with Gasteiger partial charge in [-0.1, -0.05) is 30.3 Å². The van der Waals surface area contributed by atoms with Crippen LogP contribution in [0.3, 0.4) is 0 Å². The number of carbonyl (C=O) groups is 2. The molecule has 1 aliphatic rings. The molecule has 0 unspecified atom stereocenters. The number of benzene rings is 2. The monoisotopic (exact) mass is 298 g/mol. The fourth-order valence-corrected chi connectivity index (χ4v) is 2.65. The van der Waals surface area contributed by atoms with Crippen LogP contribution in [0.2, 0.25) is 0 Å². The van der Waals surface area contributed by atoms with Crippen LogP contribution in [-0.2, 0) is 0 Å². The third-order valence-electron chi connectivity index (χ3n) is 3.87. The summed E-state index contributed by atoms with van der Waals surface area (Å²) < 4.78 is 5.76. The zero-order chi connectivity index (χ0) is 15.9. The van der Waals surface area contributed by atoms with Gasteiger partial charge in [-0.05, 0) is 12.5 Å². The van der Waals surface area contributed by atoms with E-state index in [0.29, 0.717) is 6.29 Å². The quantitative estimate of drug-likeness (QED) is 0.833. The number of ketones is 1.